The Kier molecular flexibility index (Phi) is 4.91. The summed E-state index contributed by atoms with van der Waals surface area (Å²) in [5.41, 5.74) is 2.30. The first kappa shape index (κ1) is 15.9. The Morgan fingerprint density at radius 1 is 1.22 bits per heavy atom. The Labute approximate surface area is 141 Å². The molecule has 0 saturated heterocycles. The van der Waals surface area contributed by atoms with Crippen LogP contribution in [0.25, 0.3) is 0 Å². The Bertz CT molecular complexity index is 684. The van der Waals surface area contributed by atoms with E-state index >= 15 is 0 Å². The first-order valence-electron chi connectivity index (χ1n) is 7.89. The zero-order chi connectivity index (χ0) is 16.2. The number of thioether (sulfide) groups is 1. The van der Waals surface area contributed by atoms with E-state index < -0.39 is 0 Å². The molecule has 0 unspecified atom stereocenters. The van der Waals surface area contributed by atoms with Crippen molar-refractivity contribution in [1.29, 1.82) is 0 Å². The zero-order valence-corrected chi connectivity index (χ0v) is 14.2. The van der Waals surface area contributed by atoms with Crippen molar-refractivity contribution in [3.63, 3.8) is 0 Å². The topological polar surface area (TPSA) is 38.3 Å². The van der Waals surface area contributed by atoms with Gasteiger partial charge in [-0.05, 0) is 32.0 Å². The Hall–Kier alpha value is -1.94. The molecule has 0 fully saturated rings. The average molecular weight is 327 g/mol. The number of para-hydroxylation sites is 1. The zero-order valence-electron chi connectivity index (χ0n) is 13.4. The first-order valence-corrected chi connectivity index (χ1v) is 8.77. The summed E-state index contributed by atoms with van der Waals surface area (Å²) in [6.07, 6.45) is 0.810. The van der Waals surface area contributed by atoms with Crippen molar-refractivity contribution in [2.75, 3.05) is 6.61 Å². The molecule has 3 nitrogen and oxygen atoms in total. The summed E-state index contributed by atoms with van der Waals surface area (Å²) in [4.78, 5) is 13.6. The molecular formula is C19H21NO2S. The van der Waals surface area contributed by atoms with Gasteiger partial charge in [-0.15, -0.1) is 11.8 Å². The van der Waals surface area contributed by atoms with Gasteiger partial charge in [-0.1, -0.05) is 35.9 Å². The third kappa shape index (κ3) is 3.88. The summed E-state index contributed by atoms with van der Waals surface area (Å²) < 4.78 is 5.65. The fraction of sp³-hybridized carbons (Fsp3) is 0.316. The van der Waals surface area contributed by atoms with Gasteiger partial charge in [0.05, 0.1) is 17.9 Å². The highest BCUT2D eigenvalue weighted by atomic mass is 32.2. The smallest absolute Gasteiger partial charge is 0.233 e. The van der Waals surface area contributed by atoms with Gasteiger partial charge in [-0.3, -0.25) is 4.79 Å². The van der Waals surface area contributed by atoms with E-state index in [1.54, 1.807) is 11.8 Å². The molecular weight excluding hydrogens is 306 g/mol. The van der Waals surface area contributed by atoms with Crippen LogP contribution in [0.5, 0.6) is 5.75 Å². The molecule has 0 bridgehead atoms. The molecule has 1 N–H and O–H groups in total. The molecule has 2 aromatic rings. The molecule has 0 aliphatic carbocycles. The second-order valence-electron chi connectivity index (χ2n) is 5.81. The Morgan fingerprint density at radius 2 is 1.96 bits per heavy atom. The van der Waals surface area contributed by atoms with Gasteiger partial charge in [-0.25, -0.2) is 0 Å². The molecule has 2 atom stereocenters. The molecule has 0 radical (unpaired) electrons. The van der Waals surface area contributed by atoms with Gasteiger partial charge in [0.2, 0.25) is 5.91 Å². The minimum atomic E-state index is -0.132. The highest BCUT2D eigenvalue weighted by Gasteiger charge is 2.24. The van der Waals surface area contributed by atoms with Crippen molar-refractivity contribution >= 4 is 17.7 Å². The molecule has 1 aliphatic rings. The fourth-order valence-electron chi connectivity index (χ4n) is 2.66. The monoisotopic (exact) mass is 327 g/mol. The number of benzene rings is 2. The first-order chi connectivity index (χ1) is 11.1. The van der Waals surface area contributed by atoms with Crippen LogP contribution >= 0.6 is 11.8 Å². The van der Waals surface area contributed by atoms with E-state index in [9.17, 15) is 4.79 Å². The van der Waals surface area contributed by atoms with Gasteiger partial charge in [0.1, 0.15) is 5.75 Å². The van der Waals surface area contributed by atoms with Crippen molar-refractivity contribution < 1.29 is 9.53 Å². The number of hydrogen-bond acceptors (Lipinski definition) is 3. The van der Waals surface area contributed by atoms with Gasteiger partial charge in [0.25, 0.3) is 0 Å². The predicted molar refractivity (Wildman–Crippen MR) is 93.9 cm³/mol. The van der Waals surface area contributed by atoms with E-state index in [0.717, 1.165) is 22.6 Å². The summed E-state index contributed by atoms with van der Waals surface area (Å²) in [7, 11) is 0. The van der Waals surface area contributed by atoms with Crippen molar-refractivity contribution in [3.05, 3.63) is 59.7 Å². The van der Waals surface area contributed by atoms with Crippen LogP contribution in [0.1, 0.15) is 30.5 Å². The summed E-state index contributed by atoms with van der Waals surface area (Å²) >= 11 is 1.59. The van der Waals surface area contributed by atoms with E-state index in [0.29, 0.717) is 6.61 Å². The second-order valence-corrected chi connectivity index (χ2v) is 7.22. The maximum Gasteiger partial charge on any atom is 0.233 e. The Morgan fingerprint density at radius 3 is 2.74 bits per heavy atom. The highest BCUT2D eigenvalue weighted by Crippen LogP contribution is 2.32. The number of carbonyl (C=O) groups is 1. The molecule has 0 spiro atoms. The number of ether oxygens (including phenoxy) is 1. The van der Waals surface area contributed by atoms with Crippen molar-refractivity contribution in [3.8, 4) is 5.75 Å². The van der Waals surface area contributed by atoms with Crippen LogP contribution in [0.3, 0.4) is 0 Å². The molecule has 0 saturated carbocycles. The molecule has 23 heavy (non-hydrogen) atoms. The van der Waals surface area contributed by atoms with Crippen LogP contribution in [-0.4, -0.2) is 17.8 Å². The minimum Gasteiger partial charge on any atom is -0.493 e. The largest absolute Gasteiger partial charge is 0.493 e. The summed E-state index contributed by atoms with van der Waals surface area (Å²) in [6.45, 7) is 4.65. The summed E-state index contributed by atoms with van der Waals surface area (Å²) in [5.74, 6) is 0.945. The summed E-state index contributed by atoms with van der Waals surface area (Å²) in [6, 6.07) is 16.2. The lowest BCUT2D eigenvalue weighted by Crippen LogP contribution is -2.36. The van der Waals surface area contributed by atoms with Gasteiger partial charge in [-0.2, -0.15) is 0 Å². The lowest BCUT2D eigenvalue weighted by atomic mass is 10.0. The van der Waals surface area contributed by atoms with E-state index in [-0.39, 0.29) is 17.2 Å². The molecule has 1 heterocycles. The van der Waals surface area contributed by atoms with E-state index in [4.69, 9.17) is 4.74 Å². The van der Waals surface area contributed by atoms with Crippen molar-refractivity contribution in [2.24, 2.45) is 0 Å². The predicted octanol–water partition coefficient (Wildman–Crippen LogP) is 4.12. The maximum absolute atomic E-state index is 12.5. The number of hydrogen-bond donors (Lipinski definition) is 1. The van der Waals surface area contributed by atoms with Gasteiger partial charge in [0, 0.05) is 16.9 Å². The highest BCUT2D eigenvalue weighted by molar-refractivity contribution is 8.00. The number of fused-ring (bicyclic) bond motifs is 1. The maximum atomic E-state index is 12.5. The van der Waals surface area contributed by atoms with Crippen LogP contribution in [0.15, 0.2) is 53.4 Å². The van der Waals surface area contributed by atoms with E-state index in [1.165, 1.54) is 5.56 Å². The SMILES string of the molecule is Cc1ccc(S[C@@H](C)C(=O)N[C@H]2CCOc3ccccc32)cc1. The number of rotatable bonds is 4. The average Bonchev–Trinajstić information content (AvgIpc) is 2.57. The quantitative estimate of drug-likeness (QED) is 0.859. The number of amides is 1. The standard InChI is InChI=1S/C19H21NO2S/c1-13-7-9-15(10-8-13)23-14(2)19(21)20-17-11-12-22-18-6-4-3-5-16(17)18/h3-10,14,17H,11-12H2,1-2H3,(H,20,21)/t14-,17-/m0/s1. The molecule has 3 rings (SSSR count). The lowest BCUT2D eigenvalue weighted by Gasteiger charge is -2.27. The summed E-state index contributed by atoms with van der Waals surface area (Å²) in [5, 5.41) is 3.03. The lowest BCUT2D eigenvalue weighted by molar-refractivity contribution is -0.121. The molecule has 0 aromatic heterocycles. The number of nitrogens with one attached hydrogen (secondary N) is 1. The number of aryl methyl sites for hydroxylation is 1. The third-order valence-electron chi connectivity index (χ3n) is 3.98. The van der Waals surface area contributed by atoms with Crippen molar-refractivity contribution in [2.45, 2.75) is 36.5 Å². The van der Waals surface area contributed by atoms with Crippen molar-refractivity contribution in [1.82, 2.24) is 5.32 Å². The third-order valence-corrected chi connectivity index (χ3v) is 5.09. The second kappa shape index (κ2) is 7.09. The fourth-order valence-corrected chi connectivity index (χ4v) is 3.53. The molecule has 4 heteroatoms. The minimum absolute atomic E-state index is 0.0357. The van der Waals surface area contributed by atoms with Crippen LogP contribution in [0, 0.1) is 6.92 Å². The molecule has 2 aromatic carbocycles. The van der Waals surface area contributed by atoms with Crippen LogP contribution in [0.4, 0.5) is 0 Å². The van der Waals surface area contributed by atoms with E-state index in [1.807, 2.05) is 31.2 Å². The molecule has 120 valence electrons. The van der Waals surface area contributed by atoms with Crippen LogP contribution in [-0.2, 0) is 4.79 Å². The van der Waals surface area contributed by atoms with Gasteiger partial charge in [0.15, 0.2) is 0 Å². The van der Waals surface area contributed by atoms with Crippen LogP contribution in [0.2, 0.25) is 0 Å². The normalized spacial score (nSPS) is 17.7. The van der Waals surface area contributed by atoms with Gasteiger partial charge >= 0.3 is 0 Å². The van der Waals surface area contributed by atoms with Gasteiger partial charge < -0.3 is 10.1 Å². The van der Waals surface area contributed by atoms with Crippen LogP contribution < -0.4 is 10.1 Å². The number of carbonyl (C=O) groups excluding carboxylic acids is 1. The molecule has 1 aliphatic heterocycles. The van der Waals surface area contributed by atoms with E-state index in [2.05, 4.69) is 36.5 Å². The molecule has 1 amide bonds. The Balaban J connectivity index is 1.64.